The zero-order chi connectivity index (χ0) is 14.5. The van der Waals surface area contributed by atoms with E-state index in [0.29, 0.717) is 6.04 Å². The number of aromatic amines is 1. The van der Waals surface area contributed by atoms with Gasteiger partial charge in [0.2, 0.25) is 0 Å². The molecule has 4 nitrogen and oxygen atoms in total. The van der Waals surface area contributed by atoms with E-state index in [1.54, 1.807) is 17.5 Å². The van der Waals surface area contributed by atoms with Gasteiger partial charge in [-0.1, -0.05) is 13.0 Å². The van der Waals surface area contributed by atoms with Crippen LogP contribution in [0, 0.1) is 0 Å². The molecule has 108 valence electrons. The van der Waals surface area contributed by atoms with Gasteiger partial charge in [-0.25, -0.2) is 0 Å². The SMILES string of the molecule is CCC(NCc1cn[nH]c1-c1cccnc1)c1cccs1. The molecule has 3 rings (SSSR count). The standard InChI is InChI=1S/C16H18N4S/c1-2-14(15-6-4-8-21-15)18-10-13-11-19-20-16(13)12-5-3-7-17-9-12/h3-9,11,14,18H,2,10H2,1H3,(H,19,20). The highest BCUT2D eigenvalue weighted by molar-refractivity contribution is 7.10. The van der Waals surface area contributed by atoms with Crippen LogP contribution < -0.4 is 5.32 Å². The smallest absolute Gasteiger partial charge is 0.0710 e. The van der Waals surface area contributed by atoms with Crippen LogP contribution in [-0.2, 0) is 6.54 Å². The Labute approximate surface area is 128 Å². The molecule has 0 radical (unpaired) electrons. The predicted molar refractivity (Wildman–Crippen MR) is 86.0 cm³/mol. The van der Waals surface area contributed by atoms with E-state index in [1.165, 1.54) is 4.88 Å². The lowest BCUT2D eigenvalue weighted by molar-refractivity contribution is 0.527. The highest BCUT2D eigenvalue weighted by atomic mass is 32.1. The van der Waals surface area contributed by atoms with Crippen molar-refractivity contribution in [1.82, 2.24) is 20.5 Å². The quantitative estimate of drug-likeness (QED) is 0.728. The second kappa shape index (κ2) is 6.65. The highest BCUT2D eigenvalue weighted by Crippen LogP contribution is 2.24. The molecule has 1 atom stereocenters. The highest BCUT2D eigenvalue weighted by Gasteiger charge is 2.12. The number of aromatic nitrogens is 3. The van der Waals surface area contributed by atoms with Crippen LogP contribution in [0.25, 0.3) is 11.3 Å². The number of thiophene rings is 1. The summed E-state index contributed by atoms with van der Waals surface area (Å²) in [7, 11) is 0. The molecule has 0 amide bonds. The van der Waals surface area contributed by atoms with Crippen molar-refractivity contribution < 1.29 is 0 Å². The Bertz CT molecular complexity index is 661. The third-order valence-electron chi connectivity index (χ3n) is 3.50. The molecular weight excluding hydrogens is 280 g/mol. The fourth-order valence-corrected chi connectivity index (χ4v) is 3.26. The van der Waals surface area contributed by atoms with Gasteiger partial charge in [-0.2, -0.15) is 5.10 Å². The van der Waals surface area contributed by atoms with Crippen LogP contribution in [0.4, 0.5) is 0 Å². The molecule has 0 fully saturated rings. The van der Waals surface area contributed by atoms with E-state index in [2.05, 4.69) is 44.9 Å². The van der Waals surface area contributed by atoms with E-state index in [0.717, 1.165) is 29.8 Å². The van der Waals surface area contributed by atoms with Crippen LogP contribution in [-0.4, -0.2) is 15.2 Å². The maximum Gasteiger partial charge on any atom is 0.0710 e. The van der Waals surface area contributed by atoms with Gasteiger partial charge in [-0.05, 0) is 30.0 Å². The summed E-state index contributed by atoms with van der Waals surface area (Å²) < 4.78 is 0. The Kier molecular flexibility index (Phi) is 4.43. The largest absolute Gasteiger partial charge is 0.305 e. The summed E-state index contributed by atoms with van der Waals surface area (Å²) in [5, 5.41) is 13.0. The molecule has 3 aromatic heterocycles. The van der Waals surface area contributed by atoms with Crippen molar-refractivity contribution in [2.24, 2.45) is 0 Å². The van der Waals surface area contributed by atoms with E-state index in [1.807, 2.05) is 24.5 Å². The van der Waals surface area contributed by atoms with Crippen molar-refractivity contribution in [3.63, 3.8) is 0 Å². The van der Waals surface area contributed by atoms with Crippen LogP contribution in [0.5, 0.6) is 0 Å². The Morgan fingerprint density at radius 2 is 2.24 bits per heavy atom. The van der Waals surface area contributed by atoms with Crippen molar-refractivity contribution in [1.29, 1.82) is 0 Å². The summed E-state index contributed by atoms with van der Waals surface area (Å²) in [5.74, 6) is 0. The van der Waals surface area contributed by atoms with Gasteiger partial charge in [0.1, 0.15) is 0 Å². The Hall–Kier alpha value is -1.98. The molecule has 0 spiro atoms. The maximum absolute atomic E-state index is 4.17. The first kappa shape index (κ1) is 14.0. The van der Waals surface area contributed by atoms with Crippen LogP contribution in [0.1, 0.15) is 29.8 Å². The summed E-state index contributed by atoms with van der Waals surface area (Å²) in [6, 6.07) is 8.66. The molecule has 0 aliphatic carbocycles. The van der Waals surface area contributed by atoms with Gasteiger partial charge in [0.25, 0.3) is 0 Å². The molecule has 1 unspecified atom stereocenters. The van der Waals surface area contributed by atoms with Gasteiger partial charge in [-0.3, -0.25) is 10.1 Å². The van der Waals surface area contributed by atoms with Crippen molar-refractivity contribution >= 4 is 11.3 Å². The normalized spacial score (nSPS) is 12.4. The molecule has 0 bridgehead atoms. The van der Waals surface area contributed by atoms with Gasteiger partial charge in [0, 0.05) is 41.0 Å². The first-order valence-corrected chi connectivity index (χ1v) is 7.96. The van der Waals surface area contributed by atoms with E-state index < -0.39 is 0 Å². The number of pyridine rings is 1. The van der Waals surface area contributed by atoms with Crippen molar-refractivity contribution in [2.75, 3.05) is 0 Å². The van der Waals surface area contributed by atoms with Crippen LogP contribution in [0.3, 0.4) is 0 Å². The van der Waals surface area contributed by atoms with Crippen LogP contribution in [0.2, 0.25) is 0 Å². The van der Waals surface area contributed by atoms with Gasteiger partial charge < -0.3 is 5.32 Å². The zero-order valence-corrected chi connectivity index (χ0v) is 12.7. The first-order chi connectivity index (χ1) is 10.4. The van der Waals surface area contributed by atoms with Gasteiger partial charge in [0.05, 0.1) is 11.9 Å². The molecular formula is C16H18N4S. The van der Waals surface area contributed by atoms with E-state index in [9.17, 15) is 0 Å². The molecule has 21 heavy (non-hydrogen) atoms. The summed E-state index contributed by atoms with van der Waals surface area (Å²) in [6.07, 6.45) is 6.59. The summed E-state index contributed by atoms with van der Waals surface area (Å²) in [6.45, 7) is 2.99. The van der Waals surface area contributed by atoms with Crippen molar-refractivity contribution in [3.8, 4) is 11.3 Å². The molecule has 0 aliphatic heterocycles. The minimum Gasteiger partial charge on any atom is -0.305 e. The number of nitrogens with one attached hydrogen (secondary N) is 2. The molecule has 0 aliphatic rings. The van der Waals surface area contributed by atoms with E-state index in [4.69, 9.17) is 0 Å². The molecule has 0 aromatic carbocycles. The second-order valence-corrected chi connectivity index (χ2v) is 5.85. The van der Waals surface area contributed by atoms with Gasteiger partial charge >= 0.3 is 0 Å². The molecule has 3 aromatic rings. The second-order valence-electron chi connectivity index (χ2n) is 4.87. The minimum absolute atomic E-state index is 0.390. The lowest BCUT2D eigenvalue weighted by Gasteiger charge is -2.15. The Morgan fingerprint density at radius 1 is 1.29 bits per heavy atom. The zero-order valence-electron chi connectivity index (χ0n) is 11.9. The summed E-state index contributed by atoms with van der Waals surface area (Å²) in [4.78, 5) is 5.55. The third-order valence-corrected chi connectivity index (χ3v) is 4.49. The van der Waals surface area contributed by atoms with Gasteiger partial charge in [-0.15, -0.1) is 11.3 Å². The molecule has 0 saturated heterocycles. The average molecular weight is 298 g/mol. The number of hydrogen-bond acceptors (Lipinski definition) is 4. The lowest BCUT2D eigenvalue weighted by atomic mass is 10.1. The Balaban J connectivity index is 1.73. The Morgan fingerprint density at radius 3 is 2.95 bits per heavy atom. The van der Waals surface area contributed by atoms with Crippen molar-refractivity contribution in [3.05, 3.63) is 58.7 Å². The fraction of sp³-hybridized carbons (Fsp3) is 0.250. The molecule has 3 heterocycles. The van der Waals surface area contributed by atoms with Crippen molar-refractivity contribution in [2.45, 2.75) is 25.9 Å². The lowest BCUT2D eigenvalue weighted by Crippen LogP contribution is -2.19. The van der Waals surface area contributed by atoms with Crippen LogP contribution >= 0.6 is 11.3 Å². The number of nitrogens with zero attached hydrogens (tertiary/aromatic N) is 2. The summed E-state index contributed by atoms with van der Waals surface area (Å²) >= 11 is 1.80. The number of H-pyrrole nitrogens is 1. The molecule has 0 saturated carbocycles. The maximum atomic E-state index is 4.17. The predicted octanol–water partition coefficient (Wildman–Crippen LogP) is 3.77. The summed E-state index contributed by atoms with van der Waals surface area (Å²) in [5.41, 5.74) is 3.27. The van der Waals surface area contributed by atoms with E-state index in [-0.39, 0.29) is 0 Å². The van der Waals surface area contributed by atoms with Gasteiger partial charge in [0.15, 0.2) is 0 Å². The average Bonchev–Trinajstić information content (AvgIpc) is 3.20. The monoisotopic (exact) mass is 298 g/mol. The topological polar surface area (TPSA) is 53.6 Å². The molecule has 2 N–H and O–H groups in total. The number of rotatable bonds is 6. The number of hydrogen-bond donors (Lipinski definition) is 2. The first-order valence-electron chi connectivity index (χ1n) is 7.08. The fourth-order valence-electron chi connectivity index (χ4n) is 2.37. The third kappa shape index (κ3) is 3.20. The van der Waals surface area contributed by atoms with Crippen LogP contribution in [0.15, 0.2) is 48.2 Å². The minimum atomic E-state index is 0.390. The van der Waals surface area contributed by atoms with E-state index >= 15 is 0 Å². The molecule has 5 heteroatoms.